The molecule has 2 aromatic carbocycles. The predicted molar refractivity (Wildman–Crippen MR) is 148 cm³/mol. The molecule has 1 aliphatic carbocycles. The first kappa shape index (κ1) is 26.5. The van der Waals surface area contributed by atoms with Gasteiger partial charge in [-0.2, -0.15) is 0 Å². The van der Waals surface area contributed by atoms with Gasteiger partial charge in [0, 0.05) is 28.9 Å². The molecule has 0 amide bonds. The van der Waals surface area contributed by atoms with E-state index in [9.17, 15) is 12.8 Å². The fourth-order valence-electron chi connectivity index (χ4n) is 4.42. The Kier molecular flexibility index (Phi) is 8.21. The maximum Gasteiger partial charge on any atom is 0.239 e. The molecule has 198 valence electrons. The molecule has 0 spiro atoms. The number of thiazole rings is 1. The summed E-state index contributed by atoms with van der Waals surface area (Å²) in [4.78, 5) is 14.0. The van der Waals surface area contributed by atoms with Gasteiger partial charge in [-0.3, -0.25) is 0 Å². The maximum atomic E-state index is 14.9. The normalized spacial score (nSPS) is 14.4. The van der Waals surface area contributed by atoms with E-state index in [0.717, 1.165) is 12.8 Å². The minimum absolute atomic E-state index is 0.0529. The molecule has 5 rings (SSSR count). The van der Waals surface area contributed by atoms with E-state index in [4.69, 9.17) is 16.3 Å². The molecule has 38 heavy (non-hydrogen) atoms. The number of hydrogen-bond donors (Lipinski definition) is 1. The molecular formula is C27H26ClFN4O3S2. The second kappa shape index (κ2) is 11.8. The van der Waals surface area contributed by atoms with Gasteiger partial charge in [-0.05, 0) is 36.6 Å². The Labute approximate surface area is 230 Å². The summed E-state index contributed by atoms with van der Waals surface area (Å²) in [5.74, 6) is -0.356. The van der Waals surface area contributed by atoms with E-state index >= 15 is 0 Å². The Bertz CT molecular complexity index is 1520. The van der Waals surface area contributed by atoms with Crippen LogP contribution in [-0.4, -0.2) is 29.4 Å². The monoisotopic (exact) mass is 572 g/mol. The number of anilines is 1. The Hall–Kier alpha value is -3.08. The zero-order valence-corrected chi connectivity index (χ0v) is 22.8. The molecule has 11 heteroatoms. The van der Waals surface area contributed by atoms with E-state index < -0.39 is 21.4 Å². The minimum Gasteiger partial charge on any atom is -0.437 e. The Morgan fingerprint density at radius 3 is 2.61 bits per heavy atom. The SMILES string of the molecule is O=S(=O)(Cc1ccc(Oc2ncsc2-c2ccnc(NC3CCCCC3)n2)cc1F)Cc1ccccc1Cl. The van der Waals surface area contributed by atoms with Gasteiger partial charge in [0.05, 0.1) is 22.7 Å². The molecule has 0 atom stereocenters. The molecule has 0 saturated heterocycles. The van der Waals surface area contributed by atoms with Crippen molar-refractivity contribution in [3.8, 4) is 22.2 Å². The highest BCUT2D eigenvalue weighted by Gasteiger charge is 2.20. The van der Waals surface area contributed by atoms with Crippen LogP contribution in [0.1, 0.15) is 43.2 Å². The third-order valence-corrected chi connectivity index (χ3v) is 9.01. The third kappa shape index (κ3) is 6.67. The van der Waals surface area contributed by atoms with Crippen molar-refractivity contribution >= 4 is 38.7 Å². The smallest absolute Gasteiger partial charge is 0.239 e. The lowest BCUT2D eigenvalue weighted by molar-refractivity contribution is 0.460. The van der Waals surface area contributed by atoms with Crippen LogP contribution in [-0.2, 0) is 21.3 Å². The Morgan fingerprint density at radius 1 is 1.03 bits per heavy atom. The molecule has 0 radical (unpaired) electrons. The fourth-order valence-corrected chi connectivity index (χ4v) is 6.92. The van der Waals surface area contributed by atoms with Crippen LogP contribution in [0.5, 0.6) is 11.6 Å². The summed E-state index contributed by atoms with van der Waals surface area (Å²) in [6.07, 6.45) is 7.56. The Balaban J connectivity index is 1.28. The summed E-state index contributed by atoms with van der Waals surface area (Å²) < 4.78 is 46.2. The van der Waals surface area contributed by atoms with Crippen molar-refractivity contribution in [1.82, 2.24) is 15.0 Å². The number of sulfone groups is 1. The average Bonchev–Trinajstić information content (AvgIpc) is 3.36. The van der Waals surface area contributed by atoms with Crippen molar-refractivity contribution in [2.24, 2.45) is 0 Å². The number of nitrogens with one attached hydrogen (secondary N) is 1. The first-order chi connectivity index (χ1) is 18.4. The summed E-state index contributed by atoms with van der Waals surface area (Å²) in [6, 6.07) is 13.0. The summed E-state index contributed by atoms with van der Waals surface area (Å²) >= 11 is 7.45. The highest BCUT2D eigenvalue weighted by molar-refractivity contribution is 7.89. The van der Waals surface area contributed by atoms with Crippen LogP contribution in [0.15, 0.2) is 60.2 Å². The molecule has 2 aromatic heterocycles. The fraction of sp³-hybridized carbons (Fsp3) is 0.296. The van der Waals surface area contributed by atoms with Crippen molar-refractivity contribution < 1.29 is 17.5 Å². The first-order valence-electron chi connectivity index (χ1n) is 12.3. The topological polar surface area (TPSA) is 94.1 Å². The van der Waals surface area contributed by atoms with Gasteiger partial charge in [-0.15, -0.1) is 11.3 Å². The van der Waals surface area contributed by atoms with Gasteiger partial charge in [-0.1, -0.05) is 55.1 Å². The van der Waals surface area contributed by atoms with Crippen LogP contribution in [0.3, 0.4) is 0 Å². The second-order valence-corrected chi connectivity index (χ2v) is 12.5. The van der Waals surface area contributed by atoms with Crippen LogP contribution >= 0.6 is 22.9 Å². The summed E-state index contributed by atoms with van der Waals surface area (Å²) in [5.41, 5.74) is 2.82. The molecule has 1 N–H and O–H groups in total. The van der Waals surface area contributed by atoms with E-state index in [-0.39, 0.29) is 22.9 Å². The zero-order chi connectivity index (χ0) is 26.5. The second-order valence-electron chi connectivity index (χ2n) is 9.21. The highest BCUT2D eigenvalue weighted by atomic mass is 35.5. The average molecular weight is 573 g/mol. The lowest BCUT2D eigenvalue weighted by atomic mass is 9.96. The van der Waals surface area contributed by atoms with Gasteiger partial charge in [0.1, 0.15) is 16.4 Å². The molecule has 4 aromatic rings. The van der Waals surface area contributed by atoms with E-state index in [1.54, 1.807) is 42.0 Å². The summed E-state index contributed by atoms with van der Waals surface area (Å²) in [5, 5.41) is 3.78. The molecule has 7 nitrogen and oxygen atoms in total. The predicted octanol–water partition coefficient (Wildman–Crippen LogP) is 7.04. The molecule has 1 saturated carbocycles. The van der Waals surface area contributed by atoms with Crippen molar-refractivity contribution in [1.29, 1.82) is 0 Å². The standard InChI is InChI=1S/C27H26ClFN4O3S2/c28-22-9-5-4-6-18(22)15-38(34,35)16-19-10-11-21(14-23(19)29)36-26-25(37-17-31-26)24-12-13-30-27(33-24)32-20-7-2-1-3-8-20/h4-6,9-14,17,20H,1-3,7-8,15-16H2,(H,30,32,33). The number of rotatable bonds is 9. The first-order valence-corrected chi connectivity index (χ1v) is 15.4. The number of aromatic nitrogens is 3. The van der Waals surface area contributed by atoms with E-state index in [2.05, 4.69) is 20.3 Å². The number of benzene rings is 2. The maximum absolute atomic E-state index is 14.9. The van der Waals surface area contributed by atoms with Crippen LogP contribution in [0.2, 0.25) is 5.02 Å². The largest absolute Gasteiger partial charge is 0.437 e. The molecular weight excluding hydrogens is 547 g/mol. The van der Waals surface area contributed by atoms with Gasteiger partial charge in [-0.25, -0.2) is 27.8 Å². The number of hydrogen-bond acceptors (Lipinski definition) is 8. The van der Waals surface area contributed by atoms with E-state index in [1.165, 1.54) is 48.8 Å². The van der Waals surface area contributed by atoms with Gasteiger partial charge in [0.2, 0.25) is 11.8 Å². The number of nitrogens with zero attached hydrogens (tertiary/aromatic N) is 3. The van der Waals surface area contributed by atoms with Crippen molar-refractivity contribution in [2.45, 2.75) is 49.7 Å². The zero-order valence-electron chi connectivity index (χ0n) is 20.4. The van der Waals surface area contributed by atoms with E-state index in [1.807, 2.05) is 0 Å². The lowest BCUT2D eigenvalue weighted by Crippen LogP contribution is -2.23. The van der Waals surface area contributed by atoms with Gasteiger partial charge in [0.25, 0.3) is 0 Å². The summed E-state index contributed by atoms with van der Waals surface area (Å²) in [7, 11) is -3.65. The molecule has 0 aliphatic heterocycles. The number of halogens is 2. The number of ether oxygens (including phenoxy) is 1. The van der Waals surface area contributed by atoms with E-state index in [0.29, 0.717) is 33.1 Å². The van der Waals surface area contributed by atoms with Crippen LogP contribution in [0, 0.1) is 5.82 Å². The van der Waals surface area contributed by atoms with Crippen LogP contribution < -0.4 is 10.1 Å². The molecule has 1 aliphatic rings. The quantitative estimate of drug-likeness (QED) is 0.230. The Morgan fingerprint density at radius 2 is 1.82 bits per heavy atom. The van der Waals surface area contributed by atoms with Gasteiger partial charge >= 0.3 is 0 Å². The lowest BCUT2D eigenvalue weighted by Gasteiger charge is -2.22. The highest BCUT2D eigenvalue weighted by Crippen LogP contribution is 2.36. The van der Waals surface area contributed by atoms with Crippen molar-refractivity contribution in [2.75, 3.05) is 5.32 Å². The molecule has 2 heterocycles. The van der Waals surface area contributed by atoms with Crippen LogP contribution in [0.4, 0.5) is 10.3 Å². The van der Waals surface area contributed by atoms with Crippen molar-refractivity contribution in [3.05, 3.63) is 82.2 Å². The molecule has 0 bridgehead atoms. The van der Waals surface area contributed by atoms with Gasteiger partial charge in [0.15, 0.2) is 9.84 Å². The van der Waals surface area contributed by atoms with Crippen molar-refractivity contribution in [3.63, 3.8) is 0 Å². The van der Waals surface area contributed by atoms with Crippen LogP contribution in [0.25, 0.3) is 10.6 Å². The molecule has 0 unspecified atom stereocenters. The molecule has 1 fully saturated rings. The van der Waals surface area contributed by atoms with Gasteiger partial charge < -0.3 is 10.1 Å². The third-order valence-electron chi connectivity index (χ3n) is 6.31. The summed E-state index contributed by atoms with van der Waals surface area (Å²) in [6.45, 7) is 0. The minimum atomic E-state index is -3.65.